The number of halogens is 2. The van der Waals surface area contributed by atoms with E-state index in [1.165, 1.54) is 0 Å². The second-order valence-corrected chi connectivity index (χ2v) is 2.55. The zero-order chi connectivity index (χ0) is 8.43. The topological polar surface area (TPSA) is 37.3 Å². The van der Waals surface area contributed by atoms with Gasteiger partial charge in [0, 0.05) is 12.0 Å². The standard InChI is InChI=1S/C7H8F2O2/c8-7(9)6(11)3-5(10)4-1-2-4/h3-4,7,11H,1-2H2/b6-3+. The molecule has 0 bridgehead atoms. The number of ketones is 1. The molecule has 0 radical (unpaired) electrons. The van der Waals surface area contributed by atoms with Crippen molar-refractivity contribution in [2.24, 2.45) is 5.92 Å². The molecule has 2 nitrogen and oxygen atoms in total. The van der Waals surface area contributed by atoms with Crippen LogP contribution in [0.3, 0.4) is 0 Å². The van der Waals surface area contributed by atoms with Gasteiger partial charge in [-0.05, 0) is 12.8 Å². The molecule has 62 valence electrons. The average Bonchev–Trinajstić information content (AvgIpc) is 2.67. The first kappa shape index (κ1) is 8.17. The molecule has 11 heavy (non-hydrogen) atoms. The number of aliphatic hydroxyl groups excluding tert-OH is 1. The summed E-state index contributed by atoms with van der Waals surface area (Å²) in [6, 6.07) is 0. The molecule has 0 aliphatic heterocycles. The summed E-state index contributed by atoms with van der Waals surface area (Å²) in [7, 11) is 0. The third-order valence-corrected chi connectivity index (χ3v) is 1.49. The van der Waals surface area contributed by atoms with Gasteiger partial charge in [0.1, 0.15) is 0 Å². The van der Waals surface area contributed by atoms with E-state index in [1.54, 1.807) is 0 Å². The van der Waals surface area contributed by atoms with Gasteiger partial charge in [-0.3, -0.25) is 4.79 Å². The van der Waals surface area contributed by atoms with E-state index in [0.717, 1.165) is 12.8 Å². The predicted octanol–water partition coefficient (Wildman–Crippen LogP) is 1.67. The third-order valence-electron chi connectivity index (χ3n) is 1.49. The van der Waals surface area contributed by atoms with Gasteiger partial charge in [0.2, 0.25) is 0 Å². The molecule has 0 aromatic rings. The molecule has 0 aromatic heterocycles. The van der Waals surface area contributed by atoms with E-state index >= 15 is 0 Å². The Hall–Kier alpha value is -0.930. The summed E-state index contributed by atoms with van der Waals surface area (Å²) < 4.78 is 23.2. The SMILES string of the molecule is O=C(/C=C(/O)C(F)F)C1CC1. The number of aliphatic hydroxyl groups is 1. The van der Waals surface area contributed by atoms with E-state index in [9.17, 15) is 13.6 Å². The lowest BCUT2D eigenvalue weighted by molar-refractivity contribution is -0.116. The van der Waals surface area contributed by atoms with Crippen LogP contribution in [0.15, 0.2) is 11.8 Å². The molecule has 1 saturated carbocycles. The normalized spacial score (nSPS) is 19.0. The van der Waals surface area contributed by atoms with Crippen LogP contribution in [0.25, 0.3) is 0 Å². The van der Waals surface area contributed by atoms with Crippen molar-refractivity contribution < 1.29 is 18.7 Å². The fourth-order valence-corrected chi connectivity index (χ4v) is 0.694. The predicted molar refractivity (Wildman–Crippen MR) is 34.4 cm³/mol. The van der Waals surface area contributed by atoms with Gasteiger partial charge in [-0.1, -0.05) is 0 Å². The molecule has 1 N–H and O–H groups in total. The van der Waals surface area contributed by atoms with Crippen molar-refractivity contribution in [2.45, 2.75) is 19.3 Å². The molecule has 0 saturated heterocycles. The molecule has 1 rings (SSSR count). The molecular weight excluding hydrogens is 154 g/mol. The van der Waals surface area contributed by atoms with E-state index in [0.29, 0.717) is 6.08 Å². The van der Waals surface area contributed by atoms with Crippen molar-refractivity contribution in [3.63, 3.8) is 0 Å². The fourth-order valence-electron chi connectivity index (χ4n) is 0.694. The van der Waals surface area contributed by atoms with Gasteiger partial charge in [-0.15, -0.1) is 0 Å². The lowest BCUT2D eigenvalue weighted by Crippen LogP contribution is -2.02. The molecule has 0 unspecified atom stereocenters. The summed E-state index contributed by atoms with van der Waals surface area (Å²) in [5.74, 6) is -1.62. The fraction of sp³-hybridized carbons (Fsp3) is 0.571. The minimum Gasteiger partial charge on any atom is -0.506 e. The zero-order valence-electron chi connectivity index (χ0n) is 5.76. The van der Waals surface area contributed by atoms with Crippen LogP contribution in [0.5, 0.6) is 0 Å². The Kier molecular flexibility index (Phi) is 2.22. The van der Waals surface area contributed by atoms with Crippen LogP contribution in [-0.4, -0.2) is 17.3 Å². The maximum atomic E-state index is 11.6. The molecule has 0 heterocycles. The molecule has 0 spiro atoms. The summed E-state index contributed by atoms with van der Waals surface area (Å²) >= 11 is 0. The van der Waals surface area contributed by atoms with Crippen LogP contribution in [0.4, 0.5) is 8.78 Å². The van der Waals surface area contributed by atoms with Crippen molar-refractivity contribution >= 4 is 5.78 Å². The number of carbonyl (C=O) groups is 1. The highest BCUT2D eigenvalue weighted by atomic mass is 19.3. The Morgan fingerprint density at radius 2 is 2.09 bits per heavy atom. The smallest absolute Gasteiger partial charge is 0.294 e. The quantitative estimate of drug-likeness (QED) is 0.506. The Bertz CT molecular complexity index is 195. The number of allylic oxidation sites excluding steroid dienone is 2. The first-order valence-corrected chi connectivity index (χ1v) is 3.34. The van der Waals surface area contributed by atoms with Crippen molar-refractivity contribution in [1.29, 1.82) is 0 Å². The van der Waals surface area contributed by atoms with Crippen LogP contribution in [0.2, 0.25) is 0 Å². The van der Waals surface area contributed by atoms with E-state index in [2.05, 4.69) is 0 Å². The van der Waals surface area contributed by atoms with Gasteiger partial charge in [-0.2, -0.15) is 0 Å². The Morgan fingerprint density at radius 3 is 2.45 bits per heavy atom. The van der Waals surface area contributed by atoms with Crippen LogP contribution < -0.4 is 0 Å². The van der Waals surface area contributed by atoms with Crippen molar-refractivity contribution in [2.75, 3.05) is 0 Å². The van der Waals surface area contributed by atoms with Crippen molar-refractivity contribution in [3.8, 4) is 0 Å². The van der Waals surface area contributed by atoms with Crippen LogP contribution >= 0.6 is 0 Å². The monoisotopic (exact) mass is 162 g/mol. The minimum atomic E-state index is -2.93. The Morgan fingerprint density at radius 1 is 1.55 bits per heavy atom. The third kappa shape index (κ3) is 2.29. The number of carbonyl (C=O) groups excluding carboxylic acids is 1. The van der Waals surface area contributed by atoms with Crippen LogP contribution in [0.1, 0.15) is 12.8 Å². The Labute approximate surface area is 62.5 Å². The van der Waals surface area contributed by atoms with Gasteiger partial charge < -0.3 is 5.11 Å². The highest BCUT2D eigenvalue weighted by Crippen LogP contribution is 2.30. The van der Waals surface area contributed by atoms with Gasteiger partial charge in [-0.25, -0.2) is 8.78 Å². The molecule has 0 amide bonds. The van der Waals surface area contributed by atoms with Crippen LogP contribution in [-0.2, 0) is 4.79 Å². The van der Waals surface area contributed by atoms with Gasteiger partial charge in [0.15, 0.2) is 11.5 Å². The van der Waals surface area contributed by atoms with Crippen molar-refractivity contribution in [1.82, 2.24) is 0 Å². The Balaban J connectivity index is 2.48. The van der Waals surface area contributed by atoms with Gasteiger partial charge in [0.05, 0.1) is 0 Å². The summed E-state index contributed by atoms with van der Waals surface area (Å²) in [4.78, 5) is 10.8. The highest BCUT2D eigenvalue weighted by Gasteiger charge is 2.28. The first-order chi connectivity index (χ1) is 5.11. The molecule has 0 aromatic carbocycles. The van der Waals surface area contributed by atoms with E-state index in [1.807, 2.05) is 0 Å². The molecule has 0 atom stereocenters. The summed E-state index contributed by atoms with van der Waals surface area (Å²) in [6.07, 6.45) is -0.794. The van der Waals surface area contributed by atoms with Crippen molar-refractivity contribution in [3.05, 3.63) is 11.8 Å². The van der Waals surface area contributed by atoms with Gasteiger partial charge in [0.25, 0.3) is 6.43 Å². The molecule has 1 fully saturated rings. The highest BCUT2D eigenvalue weighted by molar-refractivity contribution is 5.93. The van der Waals surface area contributed by atoms with Crippen LogP contribution in [0, 0.1) is 5.92 Å². The second kappa shape index (κ2) is 2.98. The minimum absolute atomic E-state index is 0.115. The lowest BCUT2D eigenvalue weighted by Gasteiger charge is -1.95. The maximum Gasteiger partial charge on any atom is 0.294 e. The maximum absolute atomic E-state index is 11.6. The first-order valence-electron chi connectivity index (χ1n) is 3.34. The molecule has 1 aliphatic rings. The number of alkyl halides is 2. The summed E-state index contributed by atoms with van der Waals surface area (Å²) in [5, 5.41) is 8.46. The summed E-state index contributed by atoms with van der Waals surface area (Å²) in [6.45, 7) is 0. The lowest BCUT2D eigenvalue weighted by atomic mass is 10.2. The second-order valence-electron chi connectivity index (χ2n) is 2.55. The molecule has 1 aliphatic carbocycles. The average molecular weight is 162 g/mol. The molecular formula is C7H8F2O2. The van der Waals surface area contributed by atoms with E-state index < -0.39 is 12.2 Å². The zero-order valence-corrected chi connectivity index (χ0v) is 5.76. The number of hydrogen-bond donors (Lipinski definition) is 1. The molecule has 4 heteroatoms. The number of rotatable bonds is 3. The summed E-state index contributed by atoms with van der Waals surface area (Å²) in [5.41, 5.74) is 0. The van der Waals surface area contributed by atoms with Gasteiger partial charge >= 0.3 is 0 Å². The number of hydrogen-bond acceptors (Lipinski definition) is 2. The van der Waals surface area contributed by atoms with E-state index in [4.69, 9.17) is 5.11 Å². The van der Waals surface area contributed by atoms with E-state index in [-0.39, 0.29) is 11.7 Å². The largest absolute Gasteiger partial charge is 0.506 e.